The molecule has 0 aromatic heterocycles. The van der Waals surface area contributed by atoms with E-state index in [9.17, 15) is 4.79 Å². The van der Waals surface area contributed by atoms with Gasteiger partial charge >= 0.3 is 0 Å². The minimum atomic E-state index is -0.141. The van der Waals surface area contributed by atoms with Crippen molar-refractivity contribution in [1.82, 2.24) is 5.32 Å². The number of rotatable bonds is 2. The van der Waals surface area contributed by atoms with Crippen LogP contribution in [-0.4, -0.2) is 11.0 Å². The van der Waals surface area contributed by atoms with Crippen molar-refractivity contribution in [3.05, 3.63) is 69.3 Å². The van der Waals surface area contributed by atoms with E-state index in [0.717, 1.165) is 21.3 Å². The molecule has 0 saturated carbocycles. The van der Waals surface area contributed by atoms with Crippen molar-refractivity contribution in [2.45, 2.75) is 13.8 Å². The number of anilines is 1. The van der Waals surface area contributed by atoms with Gasteiger partial charge in [-0.3, -0.25) is 9.69 Å². The molecular formula is C18H15BrN2OS. The average Bonchev–Trinajstić information content (AvgIpc) is 2.78. The fourth-order valence-electron chi connectivity index (χ4n) is 2.50. The largest absolute Gasteiger partial charge is 0.327 e. The van der Waals surface area contributed by atoms with Crippen molar-refractivity contribution < 1.29 is 4.79 Å². The Morgan fingerprint density at radius 1 is 1.13 bits per heavy atom. The van der Waals surface area contributed by atoms with Gasteiger partial charge in [-0.1, -0.05) is 39.7 Å². The molecule has 23 heavy (non-hydrogen) atoms. The lowest BCUT2D eigenvalue weighted by molar-refractivity contribution is -0.113. The van der Waals surface area contributed by atoms with E-state index < -0.39 is 0 Å². The van der Waals surface area contributed by atoms with Crippen molar-refractivity contribution in [2.75, 3.05) is 4.90 Å². The summed E-state index contributed by atoms with van der Waals surface area (Å²) >= 11 is 8.71. The summed E-state index contributed by atoms with van der Waals surface area (Å²) in [5.41, 5.74) is 4.57. The third-order valence-corrected chi connectivity index (χ3v) is 4.50. The lowest BCUT2D eigenvalue weighted by atomic mass is 10.0. The fraction of sp³-hybridized carbons (Fsp3) is 0.111. The van der Waals surface area contributed by atoms with E-state index in [4.69, 9.17) is 12.2 Å². The number of halogens is 1. The highest BCUT2D eigenvalue weighted by atomic mass is 79.9. The standard InChI is InChI=1S/C18H15BrN2OS/c1-11-3-4-13(12(2)9-11)10-16-17(22)21(18(23)20-16)15-7-5-14(19)6-8-15/h3-10H,1-2H3,(H,20,23)/b16-10-. The minimum absolute atomic E-state index is 0.141. The quantitative estimate of drug-likeness (QED) is 0.615. The van der Waals surface area contributed by atoms with Gasteiger partial charge in [0, 0.05) is 4.47 Å². The molecule has 0 radical (unpaired) electrons. The number of aryl methyl sites for hydroxylation is 2. The molecular weight excluding hydrogens is 372 g/mol. The maximum Gasteiger partial charge on any atom is 0.281 e. The van der Waals surface area contributed by atoms with Crippen LogP contribution in [0.25, 0.3) is 6.08 Å². The molecule has 1 aliphatic rings. The predicted octanol–water partition coefficient (Wildman–Crippen LogP) is 4.33. The highest BCUT2D eigenvalue weighted by molar-refractivity contribution is 9.10. The van der Waals surface area contributed by atoms with Crippen LogP contribution in [0, 0.1) is 13.8 Å². The Kier molecular flexibility index (Phi) is 4.33. The van der Waals surface area contributed by atoms with E-state index in [-0.39, 0.29) is 5.91 Å². The van der Waals surface area contributed by atoms with Crippen LogP contribution in [0.3, 0.4) is 0 Å². The summed E-state index contributed by atoms with van der Waals surface area (Å²) in [6.07, 6.45) is 1.85. The van der Waals surface area contributed by atoms with Gasteiger partial charge < -0.3 is 5.32 Å². The molecule has 1 fully saturated rings. The maximum atomic E-state index is 12.7. The first-order valence-corrected chi connectivity index (χ1v) is 8.36. The van der Waals surface area contributed by atoms with E-state index in [2.05, 4.69) is 27.3 Å². The Labute approximate surface area is 149 Å². The second-order valence-electron chi connectivity index (χ2n) is 5.47. The molecule has 3 rings (SSSR count). The number of carbonyl (C=O) groups excluding carboxylic acids is 1. The smallest absolute Gasteiger partial charge is 0.281 e. The van der Waals surface area contributed by atoms with Gasteiger partial charge in [-0.2, -0.15) is 0 Å². The molecule has 1 saturated heterocycles. The van der Waals surface area contributed by atoms with Crippen LogP contribution < -0.4 is 10.2 Å². The van der Waals surface area contributed by atoms with Gasteiger partial charge in [-0.25, -0.2) is 0 Å². The van der Waals surface area contributed by atoms with Crippen LogP contribution in [0.15, 0.2) is 52.6 Å². The molecule has 1 heterocycles. The monoisotopic (exact) mass is 386 g/mol. The molecule has 0 bridgehead atoms. The summed E-state index contributed by atoms with van der Waals surface area (Å²) in [5, 5.41) is 3.41. The first kappa shape index (κ1) is 15.9. The summed E-state index contributed by atoms with van der Waals surface area (Å²) < 4.78 is 0.956. The molecule has 116 valence electrons. The van der Waals surface area contributed by atoms with Gasteiger partial charge in [0.2, 0.25) is 0 Å². The lowest BCUT2D eigenvalue weighted by Crippen LogP contribution is -2.30. The molecule has 5 heteroatoms. The van der Waals surface area contributed by atoms with Crippen LogP contribution in [0.1, 0.15) is 16.7 Å². The third kappa shape index (κ3) is 3.21. The minimum Gasteiger partial charge on any atom is -0.327 e. The predicted molar refractivity (Wildman–Crippen MR) is 101 cm³/mol. The van der Waals surface area contributed by atoms with E-state index in [1.807, 2.05) is 56.3 Å². The molecule has 0 atom stereocenters. The van der Waals surface area contributed by atoms with Crippen LogP contribution in [0.4, 0.5) is 5.69 Å². The SMILES string of the molecule is Cc1ccc(/C=C2\NC(=S)N(c3ccc(Br)cc3)C2=O)c(C)c1. The number of amides is 1. The Bertz CT molecular complexity index is 827. The van der Waals surface area contributed by atoms with Crippen LogP contribution in [-0.2, 0) is 4.79 Å². The van der Waals surface area contributed by atoms with Crippen molar-refractivity contribution in [1.29, 1.82) is 0 Å². The number of nitrogens with one attached hydrogen (secondary N) is 1. The summed E-state index contributed by atoms with van der Waals surface area (Å²) in [4.78, 5) is 14.2. The number of hydrogen-bond donors (Lipinski definition) is 1. The molecule has 2 aromatic carbocycles. The number of benzene rings is 2. The van der Waals surface area contributed by atoms with E-state index in [1.165, 1.54) is 10.5 Å². The molecule has 2 aromatic rings. The Hall–Kier alpha value is -1.98. The first-order chi connectivity index (χ1) is 11.0. The normalized spacial score (nSPS) is 16.1. The highest BCUT2D eigenvalue weighted by Crippen LogP contribution is 2.24. The van der Waals surface area contributed by atoms with Crippen LogP contribution in [0.2, 0.25) is 0 Å². The van der Waals surface area contributed by atoms with Gasteiger partial charge in [0.25, 0.3) is 5.91 Å². The number of carbonyl (C=O) groups is 1. The van der Waals surface area contributed by atoms with Crippen LogP contribution >= 0.6 is 28.1 Å². The van der Waals surface area contributed by atoms with Gasteiger partial charge in [0.1, 0.15) is 5.70 Å². The zero-order chi connectivity index (χ0) is 16.6. The number of hydrogen-bond acceptors (Lipinski definition) is 2. The topological polar surface area (TPSA) is 32.3 Å². The van der Waals surface area contributed by atoms with Crippen molar-refractivity contribution in [3.8, 4) is 0 Å². The lowest BCUT2D eigenvalue weighted by Gasteiger charge is -2.13. The molecule has 3 nitrogen and oxygen atoms in total. The Morgan fingerprint density at radius 3 is 2.48 bits per heavy atom. The highest BCUT2D eigenvalue weighted by Gasteiger charge is 2.31. The average molecular weight is 387 g/mol. The van der Waals surface area contributed by atoms with Crippen molar-refractivity contribution in [2.24, 2.45) is 0 Å². The molecule has 1 aliphatic heterocycles. The molecule has 0 aliphatic carbocycles. The van der Waals surface area contributed by atoms with Gasteiger partial charge in [0.05, 0.1) is 5.69 Å². The Balaban J connectivity index is 1.94. The molecule has 1 amide bonds. The summed E-state index contributed by atoms with van der Waals surface area (Å²) in [6.45, 7) is 4.08. The van der Waals surface area contributed by atoms with Gasteiger partial charge in [0.15, 0.2) is 5.11 Å². The van der Waals surface area contributed by atoms with Crippen molar-refractivity contribution in [3.63, 3.8) is 0 Å². The number of thiocarbonyl (C=S) groups is 1. The zero-order valence-corrected chi connectivity index (χ0v) is 15.2. The summed E-state index contributed by atoms with van der Waals surface area (Å²) in [6, 6.07) is 13.6. The zero-order valence-electron chi connectivity index (χ0n) is 12.8. The summed E-state index contributed by atoms with van der Waals surface area (Å²) in [5.74, 6) is -0.141. The summed E-state index contributed by atoms with van der Waals surface area (Å²) in [7, 11) is 0. The van der Waals surface area contributed by atoms with E-state index >= 15 is 0 Å². The van der Waals surface area contributed by atoms with E-state index in [0.29, 0.717) is 10.8 Å². The fourth-order valence-corrected chi connectivity index (χ4v) is 3.07. The van der Waals surface area contributed by atoms with Crippen molar-refractivity contribution >= 4 is 50.9 Å². The first-order valence-electron chi connectivity index (χ1n) is 7.15. The third-order valence-electron chi connectivity index (χ3n) is 3.69. The van der Waals surface area contributed by atoms with E-state index in [1.54, 1.807) is 0 Å². The second-order valence-corrected chi connectivity index (χ2v) is 6.77. The molecule has 1 N–H and O–H groups in total. The second kappa shape index (κ2) is 6.26. The Morgan fingerprint density at radius 2 is 1.83 bits per heavy atom. The van der Waals surface area contributed by atoms with Gasteiger partial charge in [-0.15, -0.1) is 0 Å². The van der Waals surface area contributed by atoms with Gasteiger partial charge in [-0.05, 0) is 67.5 Å². The molecule has 0 spiro atoms. The maximum absolute atomic E-state index is 12.7. The van der Waals surface area contributed by atoms with Crippen LogP contribution in [0.5, 0.6) is 0 Å². The molecule has 0 unspecified atom stereocenters. The number of nitrogens with zero attached hydrogens (tertiary/aromatic N) is 1.